The number of fused-ring (bicyclic) bond motifs is 1. The van der Waals surface area contributed by atoms with Crippen LogP contribution in [0, 0.1) is 11.6 Å². The third-order valence-electron chi connectivity index (χ3n) is 2.70. The Morgan fingerprint density at radius 1 is 1.05 bits per heavy atom. The SMILES string of the molecule is Nc1nc(Oc2cnc3ccccc3c2)c(F)cc1F. The second-order valence-electron chi connectivity index (χ2n) is 4.11. The lowest BCUT2D eigenvalue weighted by Crippen LogP contribution is -2.00. The number of rotatable bonds is 2. The molecule has 1 aromatic carbocycles. The second-order valence-corrected chi connectivity index (χ2v) is 4.11. The van der Waals surface area contributed by atoms with E-state index in [1.54, 1.807) is 6.07 Å². The Hall–Kier alpha value is -2.76. The van der Waals surface area contributed by atoms with E-state index < -0.39 is 17.5 Å². The monoisotopic (exact) mass is 273 g/mol. The highest BCUT2D eigenvalue weighted by Crippen LogP contribution is 2.26. The average molecular weight is 273 g/mol. The van der Waals surface area contributed by atoms with Crippen molar-refractivity contribution in [2.24, 2.45) is 0 Å². The van der Waals surface area contributed by atoms with Gasteiger partial charge in [-0.15, -0.1) is 0 Å². The first kappa shape index (κ1) is 12.3. The van der Waals surface area contributed by atoms with Gasteiger partial charge in [0, 0.05) is 11.5 Å². The Morgan fingerprint density at radius 3 is 2.70 bits per heavy atom. The van der Waals surface area contributed by atoms with E-state index in [9.17, 15) is 8.78 Å². The molecule has 3 rings (SSSR count). The fourth-order valence-electron chi connectivity index (χ4n) is 1.75. The van der Waals surface area contributed by atoms with E-state index >= 15 is 0 Å². The van der Waals surface area contributed by atoms with Crippen molar-refractivity contribution in [2.75, 3.05) is 5.73 Å². The van der Waals surface area contributed by atoms with Crippen LogP contribution in [0.25, 0.3) is 10.9 Å². The van der Waals surface area contributed by atoms with E-state index in [0.717, 1.165) is 10.9 Å². The number of anilines is 1. The Labute approximate surface area is 112 Å². The van der Waals surface area contributed by atoms with Crippen molar-refractivity contribution in [2.45, 2.75) is 0 Å². The molecular formula is C14H9F2N3O. The molecule has 0 radical (unpaired) electrons. The van der Waals surface area contributed by atoms with Crippen LogP contribution in [0.3, 0.4) is 0 Å². The summed E-state index contributed by atoms with van der Waals surface area (Å²) < 4.78 is 31.8. The molecule has 0 atom stereocenters. The normalized spacial score (nSPS) is 10.7. The minimum Gasteiger partial charge on any atom is -0.435 e. The molecule has 0 unspecified atom stereocenters. The Bertz CT molecular complexity index is 792. The third kappa shape index (κ3) is 2.23. The minimum atomic E-state index is -0.926. The summed E-state index contributed by atoms with van der Waals surface area (Å²) in [6.45, 7) is 0. The van der Waals surface area contributed by atoms with Crippen molar-refractivity contribution in [3.05, 3.63) is 54.2 Å². The molecule has 3 aromatic rings. The molecule has 0 aliphatic rings. The zero-order chi connectivity index (χ0) is 14.1. The van der Waals surface area contributed by atoms with Gasteiger partial charge < -0.3 is 10.5 Å². The minimum absolute atomic E-state index is 0.293. The molecule has 0 aliphatic heterocycles. The summed E-state index contributed by atoms with van der Waals surface area (Å²) in [4.78, 5) is 7.69. The number of nitrogen functional groups attached to an aromatic ring is 1. The van der Waals surface area contributed by atoms with Gasteiger partial charge in [0.15, 0.2) is 17.5 Å². The number of hydrogen-bond acceptors (Lipinski definition) is 4. The van der Waals surface area contributed by atoms with E-state index in [2.05, 4.69) is 9.97 Å². The lowest BCUT2D eigenvalue weighted by molar-refractivity contribution is 0.417. The summed E-state index contributed by atoms with van der Waals surface area (Å²) in [6.07, 6.45) is 1.43. The van der Waals surface area contributed by atoms with E-state index in [0.29, 0.717) is 11.8 Å². The van der Waals surface area contributed by atoms with Crippen molar-refractivity contribution in [1.82, 2.24) is 9.97 Å². The molecule has 20 heavy (non-hydrogen) atoms. The third-order valence-corrected chi connectivity index (χ3v) is 2.70. The van der Waals surface area contributed by atoms with Gasteiger partial charge in [-0.3, -0.25) is 4.98 Å². The molecule has 2 N–H and O–H groups in total. The van der Waals surface area contributed by atoms with E-state index in [1.807, 2.05) is 24.3 Å². The Kier molecular flexibility index (Phi) is 2.90. The molecule has 0 amide bonds. The van der Waals surface area contributed by atoms with E-state index in [4.69, 9.17) is 10.5 Å². The molecule has 0 bridgehead atoms. The maximum Gasteiger partial charge on any atom is 0.258 e. The quantitative estimate of drug-likeness (QED) is 0.778. The number of hydrogen-bond donors (Lipinski definition) is 1. The first-order valence-electron chi connectivity index (χ1n) is 5.77. The van der Waals surface area contributed by atoms with Gasteiger partial charge in [-0.05, 0) is 12.1 Å². The van der Waals surface area contributed by atoms with Crippen LogP contribution in [0.15, 0.2) is 42.6 Å². The number of nitrogens with two attached hydrogens (primary N) is 1. The van der Waals surface area contributed by atoms with Crippen molar-refractivity contribution in [3.8, 4) is 11.6 Å². The molecule has 100 valence electrons. The smallest absolute Gasteiger partial charge is 0.258 e. The predicted octanol–water partition coefficient (Wildman–Crippen LogP) is 3.28. The summed E-state index contributed by atoms with van der Waals surface area (Å²) in [6, 6.07) is 9.71. The molecule has 0 aliphatic carbocycles. The predicted molar refractivity (Wildman–Crippen MR) is 70.4 cm³/mol. The van der Waals surface area contributed by atoms with Crippen LogP contribution in [-0.2, 0) is 0 Å². The topological polar surface area (TPSA) is 61.0 Å². The molecular weight excluding hydrogens is 264 g/mol. The molecule has 0 fully saturated rings. The summed E-state index contributed by atoms with van der Waals surface area (Å²) >= 11 is 0. The van der Waals surface area contributed by atoms with Crippen LogP contribution in [0.5, 0.6) is 11.6 Å². The van der Waals surface area contributed by atoms with Crippen molar-refractivity contribution < 1.29 is 13.5 Å². The van der Waals surface area contributed by atoms with Gasteiger partial charge in [0.05, 0.1) is 11.7 Å². The molecule has 0 spiro atoms. The highest BCUT2D eigenvalue weighted by molar-refractivity contribution is 5.79. The molecule has 0 saturated carbocycles. The van der Waals surface area contributed by atoms with Gasteiger partial charge in [-0.2, -0.15) is 4.98 Å². The summed E-state index contributed by atoms with van der Waals surface area (Å²) in [5.41, 5.74) is 6.07. The lowest BCUT2D eigenvalue weighted by Gasteiger charge is -2.07. The number of para-hydroxylation sites is 1. The Balaban J connectivity index is 1.99. The van der Waals surface area contributed by atoms with Crippen molar-refractivity contribution in [1.29, 1.82) is 0 Å². The van der Waals surface area contributed by atoms with Crippen LogP contribution in [0.2, 0.25) is 0 Å². The number of benzene rings is 1. The fourth-order valence-corrected chi connectivity index (χ4v) is 1.75. The van der Waals surface area contributed by atoms with Gasteiger partial charge >= 0.3 is 0 Å². The van der Waals surface area contributed by atoms with Crippen LogP contribution in [-0.4, -0.2) is 9.97 Å². The molecule has 2 heterocycles. The van der Waals surface area contributed by atoms with E-state index in [1.165, 1.54) is 6.20 Å². The molecule has 2 aromatic heterocycles. The van der Waals surface area contributed by atoms with Gasteiger partial charge in [0.2, 0.25) is 0 Å². The summed E-state index contributed by atoms with van der Waals surface area (Å²) in [5, 5.41) is 0.834. The number of halogens is 2. The standard InChI is InChI=1S/C14H9F2N3O/c15-10-6-11(16)14(19-13(10)17)20-9-5-8-3-1-2-4-12(8)18-7-9/h1-7H,(H2,17,19). The maximum absolute atomic E-state index is 13.5. The van der Waals surface area contributed by atoms with Crippen LogP contribution in [0.1, 0.15) is 0 Å². The summed E-state index contributed by atoms with van der Waals surface area (Å²) in [7, 11) is 0. The zero-order valence-electron chi connectivity index (χ0n) is 10.2. The van der Waals surface area contributed by atoms with Crippen molar-refractivity contribution >= 4 is 16.7 Å². The van der Waals surface area contributed by atoms with Crippen LogP contribution < -0.4 is 10.5 Å². The van der Waals surface area contributed by atoms with Gasteiger partial charge in [-0.25, -0.2) is 8.78 Å². The van der Waals surface area contributed by atoms with Gasteiger partial charge in [0.1, 0.15) is 5.75 Å². The van der Waals surface area contributed by atoms with Crippen LogP contribution in [0.4, 0.5) is 14.6 Å². The summed E-state index contributed by atoms with van der Waals surface area (Å²) in [5.74, 6) is -2.37. The van der Waals surface area contributed by atoms with Gasteiger partial charge in [-0.1, -0.05) is 18.2 Å². The molecule has 0 saturated heterocycles. The average Bonchev–Trinajstić information content (AvgIpc) is 2.44. The van der Waals surface area contributed by atoms with Gasteiger partial charge in [0.25, 0.3) is 5.88 Å². The molecule has 6 heteroatoms. The highest BCUT2D eigenvalue weighted by Gasteiger charge is 2.12. The largest absolute Gasteiger partial charge is 0.435 e. The van der Waals surface area contributed by atoms with Crippen molar-refractivity contribution in [3.63, 3.8) is 0 Å². The number of aromatic nitrogens is 2. The Morgan fingerprint density at radius 2 is 1.85 bits per heavy atom. The number of pyridine rings is 2. The molecule has 4 nitrogen and oxygen atoms in total. The number of ether oxygens (including phenoxy) is 1. The second kappa shape index (κ2) is 4.73. The fraction of sp³-hybridized carbons (Fsp3) is 0. The highest BCUT2D eigenvalue weighted by atomic mass is 19.1. The number of nitrogens with zero attached hydrogens (tertiary/aromatic N) is 2. The lowest BCUT2D eigenvalue weighted by atomic mass is 10.2. The van der Waals surface area contributed by atoms with E-state index in [-0.39, 0.29) is 5.88 Å². The zero-order valence-corrected chi connectivity index (χ0v) is 10.2. The maximum atomic E-state index is 13.5. The first-order chi connectivity index (χ1) is 9.63. The van der Waals surface area contributed by atoms with Crippen LogP contribution >= 0.6 is 0 Å². The first-order valence-corrected chi connectivity index (χ1v) is 5.77.